The van der Waals surface area contributed by atoms with Gasteiger partial charge in [-0.15, -0.1) is 11.3 Å². The summed E-state index contributed by atoms with van der Waals surface area (Å²) in [5.74, 6) is -7.93. The summed E-state index contributed by atoms with van der Waals surface area (Å²) in [6, 6.07) is 3.02. The molecule has 4 aliphatic rings. The second kappa shape index (κ2) is 25.7. The van der Waals surface area contributed by atoms with Gasteiger partial charge in [-0.1, -0.05) is 76.6 Å². The van der Waals surface area contributed by atoms with Gasteiger partial charge in [-0.2, -0.15) is 0 Å². The van der Waals surface area contributed by atoms with E-state index in [1.807, 2.05) is 65.0 Å². The topological polar surface area (TPSA) is 186 Å². The monoisotopic (exact) mass is 980 g/mol. The van der Waals surface area contributed by atoms with Crippen LogP contribution < -0.4 is 0 Å². The zero-order valence-corrected chi connectivity index (χ0v) is 43.6. The van der Waals surface area contributed by atoms with Gasteiger partial charge in [-0.25, -0.2) is 4.79 Å². The average molecular weight is 980 g/mol. The van der Waals surface area contributed by atoms with Crippen molar-refractivity contribution >= 4 is 40.6 Å². The maximum atomic E-state index is 14.5. The molecular weight excluding hydrogens is 899 g/mol. The van der Waals surface area contributed by atoms with E-state index in [1.165, 1.54) is 12.0 Å². The zero-order valence-electron chi connectivity index (χ0n) is 42.8. The molecule has 1 aromatic rings. The molecule has 13 nitrogen and oxygen atoms in total. The highest BCUT2D eigenvalue weighted by Gasteiger charge is 2.53. The third-order valence-electron chi connectivity index (χ3n) is 15.4. The van der Waals surface area contributed by atoms with Gasteiger partial charge in [0.05, 0.1) is 24.4 Å². The highest BCUT2D eigenvalue weighted by atomic mass is 32.1. The summed E-state index contributed by atoms with van der Waals surface area (Å²) in [6.45, 7) is 15.0. The minimum absolute atomic E-state index is 0.0267. The molecule has 3 fully saturated rings. The van der Waals surface area contributed by atoms with Crippen LogP contribution in [-0.4, -0.2) is 119 Å². The number of aliphatic hydroxyl groups excluding tert-OH is 2. The number of esters is 1. The van der Waals surface area contributed by atoms with Crippen LogP contribution >= 0.6 is 11.3 Å². The number of ketones is 3. The number of allylic oxidation sites excluding steroid dienone is 7. The summed E-state index contributed by atoms with van der Waals surface area (Å²) in [5, 5.41) is 34.2. The van der Waals surface area contributed by atoms with Crippen molar-refractivity contribution < 1.29 is 58.2 Å². The number of thiophene rings is 1. The van der Waals surface area contributed by atoms with E-state index in [-0.39, 0.29) is 60.7 Å². The van der Waals surface area contributed by atoms with Gasteiger partial charge >= 0.3 is 5.97 Å². The molecule has 1 aliphatic carbocycles. The van der Waals surface area contributed by atoms with Crippen molar-refractivity contribution in [3.05, 3.63) is 69.5 Å². The molecule has 15 atom stereocenters. The van der Waals surface area contributed by atoms with Crippen LogP contribution in [-0.2, 0) is 42.9 Å². The van der Waals surface area contributed by atoms with Crippen LogP contribution in [0.3, 0.4) is 0 Å². The number of amides is 1. The van der Waals surface area contributed by atoms with E-state index < -0.39 is 77.8 Å². The van der Waals surface area contributed by atoms with Gasteiger partial charge in [0.2, 0.25) is 5.79 Å². The molecule has 384 valence electrons. The highest BCUT2D eigenvalue weighted by Crippen LogP contribution is 2.41. The second-order valence-electron chi connectivity index (χ2n) is 20.9. The largest absolute Gasteiger partial charge is 0.460 e. The summed E-state index contributed by atoms with van der Waals surface area (Å²) in [4.78, 5) is 74.8. The van der Waals surface area contributed by atoms with Gasteiger partial charge in [0, 0.05) is 60.6 Å². The predicted octanol–water partition coefficient (Wildman–Crippen LogP) is 8.32. The lowest BCUT2D eigenvalue weighted by Crippen LogP contribution is -2.60. The van der Waals surface area contributed by atoms with Crippen molar-refractivity contribution in [1.82, 2.24) is 4.90 Å². The van der Waals surface area contributed by atoms with Gasteiger partial charge in [-0.3, -0.25) is 19.2 Å². The molecule has 1 amide bonds. The molecule has 0 aromatic carbocycles. The molecule has 1 aromatic heterocycles. The van der Waals surface area contributed by atoms with Crippen molar-refractivity contribution in [3.63, 3.8) is 0 Å². The van der Waals surface area contributed by atoms with E-state index in [9.17, 15) is 39.3 Å². The molecule has 0 radical (unpaired) electrons. The van der Waals surface area contributed by atoms with Crippen molar-refractivity contribution in [2.45, 2.75) is 187 Å². The van der Waals surface area contributed by atoms with Crippen molar-refractivity contribution in [2.24, 2.45) is 35.5 Å². The van der Waals surface area contributed by atoms with Crippen LogP contribution in [0, 0.1) is 42.4 Å². The smallest absolute Gasteiger partial charge is 0.329 e. The molecule has 14 heteroatoms. The summed E-state index contributed by atoms with van der Waals surface area (Å²) in [7, 11) is 2.97. The Hall–Kier alpha value is -3.63. The first-order valence-electron chi connectivity index (χ1n) is 25.4. The molecule has 69 heavy (non-hydrogen) atoms. The van der Waals surface area contributed by atoms with E-state index in [0.29, 0.717) is 63.4 Å². The number of cyclic esters (lactones) is 1. The molecule has 1 saturated carbocycles. The summed E-state index contributed by atoms with van der Waals surface area (Å²) in [6.07, 6.45) is 12.3. The van der Waals surface area contributed by atoms with E-state index >= 15 is 0 Å². The van der Waals surface area contributed by atoms with Crippen LogP contribution in [0.25, 0.3) is 0 Å². The summed E-state index contributed by atoms with van der Waals surface area (Å²) < 4.78 is 23.9. The first kappa shape index (κ1) is 56.3. The number of ether oxygens (including phenoxy) is 4. The average Bonchev–Trinajstić information content (AvgIpc) is 3.76. The minimum atomic E-state index is -2.42. The van der Waals surface area contributed by atoms with E-state index in [4.69, 9.17) is 18.9 Å². The number of piperidine rings is 1. The standard InChI is InChI=1S/C55H81NO12S/c1-32-16-12-11-13-17-33(2)42(48-24-20-39(8)69-48)30-41-22-19-38(7)55(64,68-41)52(61)53(62)56-25-15-14-18-43(56)54(63)67-46(35(4)28-40-21-23-44(57)47(29-40)65-9)31-45(58)34(3)27-37(6)50(60)51(66-10)49(59)36(5)26-32/h11-13,16-17,20,24,27,32,35-38,40-44,46-47,50-51,57,60,64H,14-15,18-19,21-23,25-26,28-31H2,1-10H3. The number of carbonyl (C=O) groups is 5. The van der Waals surface area contributed by atoms with Gasteiger partial charge in [0.1, 0.15) is 18.2 Å². The normalized spacial score (nSPS) is 36.3. The molecule has 3 aliphatic heterocycles. The molecule has 2 bridgehead atoms. The molecule has 0 spiro atoms. The molecule has 3 N–H and O–H groups in total. The lowest BCUT2D eigenvalue weighted by Gasteiger charge is -2.43. The van der Waals surface area contributed by atoms with Crippen molar-refractivity contribution in [2.75, 3.05) is 20.8 Å². The molecular formula is C55H81NO12S. The Balaban J connectivity index is 1.50. The van der Waals surface area contributed by atoms with Crippen LogP contribution in [0.5, 0.6) is 0 Å². The Bertz CT molecular complexity index is 2060. The van der Waals surface area contributed by atoms with E-state index in [0.717, 1.165) is 21.7 Å². The fraction of sp³-hybridized carbons (Fsp3) is 0.691. The highest BCUT2D eigenvalue weighted by molar-refractivity contribution is 7.12. The number of hydrogen-bond acceptors (Lipinski definition) is 13. The lowest BCUT2D eigenvalue weighted by atomic mass is 9.78. The number of carbonyl (C=O) groups excluding carboxylic acids is 5. The van der Waals surface area contributed by atoms with Crippen molar-refractivity contribution in [3.8, 4) is 0 Å². The fourth-order valence-electron chi connectivity index (χ4n) is 10.9. The maximum absolute atomic E-state index is 14.5. The quantitative estimate of drug-likeness (QED) is 0.183. The van der Waals surface area contributed by atoms with Gasteiger partial charge in [0.15, 0.2) is 11.6 Å². The number of aryl methyl sites for hydroxylation is 1. The van der Waals surface area contributed by atoms with Gasteiger partial charge in [0.25, 0.3) is 11.7 Å². The number of methoxy groups -OCH3 is 2. The van der Waals surface area contributed by atoms with Crippen LogP contribution in [0.2, 0.25) is 0 Å². The lowest BCUT2D eigenvalue weighted by molar-refractivity contribution is -0.264. The Labute approximate surface area is 414 Å². The number of rotatable bonds is 6. The first-order valence-corrected chi connectivity index (χ1v) is 26.2. The number of Topliss-reactive ketones (excluding diaryl/α,β-unsaturated/α-hetero) is 3. The number of nitrogens with zero attached hydrogens (tertiary/aromatic N) is 1. The third-order valence-corrected chi connectivity index (χ3v) is 16.5. The Morgan fingerprint density at radius 3 is 2.30 bits per heavy atom. The molecule has 5 rings (SSSR count). The predicted molar refractivity (Wildman–Crippen MR) is 266 cm³/mol. The third kappa shape index (κ3) is 14.5. The number of aliphatic hydroxyl groups is 3. The summed E-state index contributed by atoms with van der Waals surface area (Å²) >= 11 is 1.67. The minimum Gasteiger partial charge on any atom is -0.460 e. The summed E-state index contributed by atoms with van der Waals surface area (Å²) in [5.41, 5.74) is 1.37. The van der Waals surface area contributed by atoms with Crippen molar-refractivity contribution in [1.29, 1.82) is 0 Å². The zero-order chi connectivity index (χ0) is 50.7. The second-order valence-corrected chi connectivity index (χ2v) is 22.2. The number of fused-ring (bicyclic) bond motifs is 3. The molecule has 15 unspecified atom stereocenters. The Morgan fingerprint density at radius 2 is 1.62 bits per heavy atom. The van der Waals surface area contributed by atoms with Crippen LogP contribution in [0.1, 0.15) is 141 Å². The SMILES string of the molecule is COC1CC(CC(C)C2CC(=O)C(C)=CC(C)C(O)C(OC)C(=O)C(C)CC(C)C=CC=CC=C(C)C(c3ccc(C)s3)CC3CCC(C)C(O)(O3)C(=O)C(=O)N3CCCCC3C(=O)O2)CCC1O. The molecule has 2 saturated heterocycles. The Morgan fingerprint density at radius 1 is 0.884 bits per heavy atom. The molecule has 4 heterocycles. The Kier molecular flexibility index (Phi) is 20.9. The van der Waals surface area contributed by atoms with E-state index in [2.05, 4.69) is 12.1 Å². The van der Waals surface area contributed by atoms with Gasteiger partial charge in [-0.05, 0) is 127 Å². The maximum Gasteiger partial charge on any atom is 0.329 e. The first-order chi connectivity index (χ1) is 32.7. The number of hydrogen-bond donors (Lipinski definition) is 3. The van der Waals surface area contributed by atoms with E-state index in [1.54, 1.807) is 45.3 Å². The van der Waals surface area contributed by atoms with Crippen LogP contribution in [0.15, 0.2) is 59.7 Å². The fourth-order valence-corrected chi connectivity index (χ4v) is 11.9. The van der Waals surface area contributed by atoms with Gasteiger partial charge < -0.3 is 39.2 Å². The van der Waals surface area contributed by atoms with Crippen LogP contribution in [0.4, 0.5) is 0 Å².